The number of aliphatic hydroxyl groups is 1. The molecule has 1 aromatic carbocycles. The Hall–Kier alpha value is -1.85. The number of hydrogen-bond acceptors (Lipinski definition) is 3. The van der Waals surface area contributed by atoms with Gasteiger partial charge in [0.05, 0.1) is 13.2 Å². The van der Waals surface area contributed by atoms with Gasteiger partial charge in [-0.1, -0.05) is 32.0 Å². The van der Waals surface area contributed by atoms with Gasteiger partial charge >= 0.3 is 0 Å². The molecule has 1 saturated carbocycles. The second kappa shape index (κ2) is 9.74. The molecule has 2 aliphatic rings. The Bertz CT molecular complexity index is 887. The van der Waals surface area contributed by atoms with Crippen molar-refractivity contribution in [3.63, 3.8) is 0 Å². The Morgan fingerprint density at radius 2 is 1.74 bits per heavy atom. The molecule has 2 N–H and O–H groups in total. The Balaban J connectivity index is 1.51. The van der Waals surface area contributed by atoms with Gasteiger partial charge in [-0.15, -0.1) is 0 Å². The van der Waals surface area contributed by atoms with E-state index < -0.39 is 0 Å². The smallest absolute Gasteiger partial charge is 0.217 e. The van der Waals surface area contributed by atoms with Crippen molar-refractivity contribution in [3.8, 4) is 0 Å². The highest BCUT2D eigenvalue weighted by atomic mass is 16.3. The third-order valence-electron chi connectivity index (χ3n) is 7.86. The number of piperidine rings is 1. The number of aliphatic hydroxyl groups excluding tert-OH is 1. The third-order valence-corrected chi connectivity index (χ3v) is 7.86. The Morgan fingerprint density at radius 3 is 2.35 bits per heavy atom. The molecule has 2 heterocycles. The van der Waals surface area contributed by atoms with Gasteiger partial charge in [-0.2, -0.15) is 0 Å². The van der Waals surface area contributed by atoms with E-state index in [0.29, 0.717) is 12.6 Å². The highest BCUT2D eigenvalue weighted by Crippen LogP contribution is 2.37. The number of hydrogen-bond donors (Lipinski definition) is 2. The quantitative estimate of drug-likeness (QED) is 0.710. The number of likely N-dealkylation sites (tertiary alicyclic amines) is 1. The van der Waals surface area contributed by atoms with Gasteiger partial charge in [0.15, 0.2) is 0 Å². The van der Waals surface area contributed by atoms with Crippen molar-refractivity contribution in [1.29, 1.82) is 0 Å². The fourth-order valence-corrected chi connectivity index (χ4v) is 6.02. The van der Waals surface area contributed by atoms with Crippen molar-refractivity contribution in [3.05, 3.63) is 35.5 Å². The summed E-state index contributed by atoms with van der Waals surface area (Å²) in [5, 5.41) is 14.2. The summed E-state index contributed by atoms with van der Waals surface area (Å²) in [7, 11) is 0. The maximum Gasteiger partial charge on any atom is 0.217 e. The van der Waals surface area contributed by atoms with Crippen molar-refractivity contribution < 1.29 is 9.90 Å². The molecule has 0 spiro atoms. The molecule has 170 valence electrons. The predicted molar refractivity (Wildman–Crippen MR) is 126 cm³/mol. The fourth-order valence-electron chi connectivity index (χ4n) is 6.02. The highest BCUT2D eigenvalue weighted by Gasteiger charge is 2.31. The monoisotopic (exact) mass is 425 g/mol. The molecule has 0 bridgehead atoms. The van der Waals surface area contributed by atoms with E-state index in [9.17, 15) is 9.90 Å². The van der Waals surface area contributed by atoms with Crippen LogP contribution in [-0.4, -0.2) is 39.6 Å². The highest BCUT2D eigenvalue weighted by molar-refractivity contribution is 5.86. The van der Waals surface area contributed by atoms with Crippen LogP contribution in [0.3, 0.4) is 0 Å². The number of nitrogens with one attached hydrogen (secondary N) is 1. The molecule has 31 heavy (non-hydrogen) atoms. The van der Waals surface area contributed by atoms with Gasteiger partial charge in [0.1, 0.15) is 0 Å². The first-order valence-corrected chi connectivity index (χ1v) is 12.2. The molecule has 2 aromatic rings. The summed E-state index contributed by atoms with van der Waals surface area (Å²) in [6.07, 6.45) is 7.71. The standard InChI is InChI=1S/C26H39N3O2/c1-18(2)20-8-10-21(11-9-20)28-14-12-22(13-15-28)29-25-7-5-4-6-23(25)24(17-30)26(29)16-27-19(3)31/h4-7,18,20-22,30H,8-17H2,1-3H3,(H,27,31). The Kier molecular flexibility index (Phi) is 7.02. The number of carbonyl (C=O) groups is 1. The summed E-state index contributed by atoms with van der Waals surface area (Å²) >= 11 is 0. The van der Waals surface area contributed by atoms with Crippen molar-refractivity contribution in [2.24, 2.45) is 11.8 Å². The van der Waals surface area contributed by atoms with Crippen LogP contribution in [0.1, 0.15) is 76.6 Å². The number of amides is 1. The Labute approximate surface area is 186 Å². The third kappa shape index (κ3) is 4.68. The lowest BCUT2D eigenvalue weighted by molar-refractivity contribution is -0.119. The molecule has 0 radical (unpaired) electrons. The van der Waals surface area contributed by atoms with E-state index >= 15 is 0 Å². The van der Waals surface area contributed by atoms with Crippen molar-refractivity contribution in [2.45, 2.75) is 84.5 Å². The SMILES string of the molecule is CC(=O)NCc1c(CO)c2ccccc2n1C1CCN(C2CCC(C(C)C)CC2)CC1. The molecule has 1 amide bonds. The maximum atomic E-state index is 11.6. The molecule has 5 heteroatoms. The zero-order valence-electron chi connectivity index (χ0n) is 19.4. The normalized spacial score (nSPS) is 23.5. The van der Waals surface area contributed by atoms with Crippen LogP contribution in [0.2, 0.25) is 0 Å². The molecule has 1 aliphatic carbocycles. The topological polar surface area (TPSA) is 57.5 Å². The number of carbonyl (C=O) groups excluding carboxylic acids is 1. The zero-order chi connectivity index (χ0) is 22.0. The molecule has 1 saturated heterocycles. The van der Waals surface area contributed by atoms with Crippen LogP contribution < -0.4 is 5.32 Å². The molecule has 0 atom stereocenters. The second-order valence-corrected chi connectivity index (χ2v) is 9.96. The lowest BCUT2D eigenvalue weighted by atomic mass is 9.79. The van der Waals surface area contributed by atoms with Gasteiger partial charge in [0.2, 0.25) is 5.91 Å². The first-order valence-electron chi connectivity index (χ1n) is 12.2. The average Bonchev–Trinajstić information content (AvgIpc) is 3.11. The zero-order valence-corrected chi connectivity index (χ0v) is 19.4. The van der Waals surface area contributed by atoms with E-state index in [-0.39, 0.29) is 12.5 Å². The van der Waals surface area contributed by atoms with Crippen LogP contribution in [-0.2, 0) is 17.9 Å². The summed E-state index contributed by atoms with van der Waals surface area (Å²) in [6.45, 7) is 9.05. The summed E-state index contributed by atoms with van der Waals surface area (Å²) in [5.41, 5.74) is 3.20. The first-order chi connectivity index (χ1) is 15.0. The first kappa shape index (κ1) is 22.3. The number of nitrogens with zero attached hydrogens (tertiary/aromatic N) is 2. The van der Waals surface area contributed by atoms with E-state index in [4.69, 9.17) is 0 Å². The van der Waals surface area contributed by atoms with E-state index in [1.807, 2.05) is 6.07 Å². The van der Waals surface area contributed by atoms with Crippen LogP contribution in [0.25, 0.3) is 10.9 Å². The van der Waals surface area contributed by atoms with E-state index in [0.717, 1.165) is 60.5 Å². The summed E-state index contributed by atoms with van der Waals surface area (Å²) < 4.78 is 2.42. The number of para-hydroxylation sites is 1. The minimum absolute atomic E-state index is 0.000365. The molecule has 5 nitrogen and oxygen atoms in total. The fraction of sp³-hybridized carbons (Fsp3) is 0.654. The van der Waals surface area contributed by atoms with Crippen LogP contribution in [0.15, 0.2) is 24.3 Å². The molecule has 1 aliphatic heterocycles. The molecule has 0 unspecified atom stereocenters. The minimum atomic E-state index is -0.0347. The molecular formula is C26H39N3O2. The van der Waals surface area contributed by atoms with Crippen LogP contribution >= 0.6 is 0 Å². The molecule has 2 fully saturated rings. The average molecular weight is 426 g/mol. The van der Waals surface area contributed by atoms with E-state index in [2.05, 4.69) is 46.8 Å². The van der Waals surface area contributed by atoms with Crippen molar-refractivity contribution in [1.82, 2.24) is 14.8 Å². The van der Waals surface area contributed by atoms with Gasteiger partial charge in [-0.05, 0) is 56.4 Å². The lowest BCUT2D eigenvalue weighted by Crippen LogP contribution is -2.44. The lowest BCUT2D eigenvalue weighted by Gasteiger charge is -2.42. The van der Waals surface area contributed by atoms with Gasteiger partial charge in [-0.25, -0.2) is 0 Å². The second-order valence-electron chi connectivity index (χ2n) is 9.96. The predicted octanol–water partition coefficient (Wildman–Crippen LogP) is 4.62. The number of aromatic nitrogens is 1. The van der Waals surface area contributed by atoms with E-state index in [1.54, 1.807) is 6.92 Å². The van der Waals surface area contributed by atoms with Crippen molar-refractivity contribution in [2.75, 3.05) is 13.1 Å². The van der Waals surface area contributed by atoms with Crippen molar-refractivity contribution >= 4 is 16.8 Å². The molecular weight excluding hydrogens is 386 g/mol. The Morgan fingerprint density at radius 1 is 1.06 bits per heavy atom. The minimum Gasteiger partial charge on any atom is -0.392 e. The molecule has 4 rings (SSSR count). The molecule has 1 aromatic heterocycles. The van der Waals surface area contributed by atoms with Gasteiger partial charge in [-0.3, -0.25) is 4.79 Å². The van der Waals surface area contributed by atoms with Crippen LogP contribution in [0.5, 0.6) is 0 Å². The number of fused-ring (bicyclic) bond motifs is 1. The summed E-state index contributed by atoms with van der Waals surface area (Å²) in [5.74, 6) is 1.69. The van der Waals surface area contributed by atoms with E-state index in [1.165, 1.54) is 31.2 Å². The number of rotatable bonds is 6. The summed E-state index contributed by atoms with van der Waals surface area (Å²) in [4.78, 5) is 14.3. The maximum absolute atomic E-state index is 11.6. The largest absolute Gasteiger partial charge is 0.392 e. The number of benzene rings is 1. The van der Waals surface area contributed by atoms with Crippen LogP contribution in [0, 0.1) is 11.8 Å². The van der Waals surface area contributed by atoms with Gasteiger partial charge < -0.3 is 19.9 Å². The van der Waals surface area contributed by atoms with Gasteiger partial charge in [0.25, 0.3) is 0 Å². The van der Waals surface area contributed by atoms with Crippen LogP contribution in [0.4, 0.5) is 0 Å². The summed E-state index contributed by atoms with van der Waals surface area (Å²) in [6, 6.07) is 9.53. The van der Waals surface area contributed by atoms with Gasteiger partial charge in [0, 0.05) is 54.3 Å².